The van der Waals surface area contributed by atoms with Gasteiger partial charge in [-0.2, -0.15) is 4.98 Å². The number of carbonyl (C=O) groups is 1. The summed E-state index contributed by atoms with van der Waals surface area (Å²) in [6.07, 6.45) is 3.86. The lowest BCUT2D eigenvalue weighted by Gasteiger charge is -2.31. The monoisotopic (exact) mass is 394 g/mol. The van der Waals surface area contributed by atoms with Crippen LogP contribution < -0.4 is 10.1 Å². The number of benzene rings is 1. The number of aromatic nitrogens is 2. The van der Waals surface area contributed by atoms with Crippen LogP contribution in [0, 0.1) is 0 Å². The fourth-order valence-corrected chi connectivity index (χ4v) is 3.18. The molecule has 2 heterocycles. The third-order valence-electron chi connectivity index (χ3n) is 4.85. The van der Waals surface area contributed by atoms with Gasteiger partial charge in [0.05, 0.1) is 7.11 Å². The lowest BCUT2D eigenvalue weighted by Crippen LogP contribution is -2.43. The molecule has 7 nitrogen and oxygen atoms in total. The Bertz CT molecular complexity index is 714. The summed E-state index contributed by atoms with van der Waals surface area (Å²) in [6, 6.07) is 7.87. The topological polar surface area (TPSA) is 80.5 Å². The maximum Gasteiger partial charge on any atom is 0.226 e. The largest absolute Gasteiger partial charge is 0.497 e. The van der Waals surface area contributed by atoms with E-state index in [0.717, 1.165) is 37.2 Å². The number of piperidine rings is 1. The summed E-state index contributed by atoms with van der Waals surface area (Å²) in [5.74, 6) is 2.09. The molecule has 3 rings (SSSR count). The van der Waals surface area contributed by atoms with Crippen LogP contribution in [0.4, 0.5) is 0 Å². The summed E-state index contributed by atoms with van der Waals surface area (Å²) in [5.41, 5.74) is 0.877. The minimum atomic E-state index is 0. The van der Waals surface area contributed by atoms with Gasteiger partial charge in [-0.25, -0.2) is 0 Å². The van der Waals surface area contributed by atoms with E-state index in [0.29, 0.717) is 37.0 Å². The molecule has 0 atom stereocenters. The van der Waals surface area contributed by atoms with Crippen molar-refractivity contribution in [2.45, 2.75) is 38.1 Å². The van der Waals surface area contributed by atoms with Gasteiger partial charge in [-0.1, -0.05) is 5.16 Å². The Morgan fingerprint density at radius 3 is 2.67 bits per heavy atom. The highest BCUT2D eigenvalue weighted by molar-refractivity contribution is 5.85. The van der Waals surface area contributed by atoms with Crippen molar-refractivity contribution in [3.8, 4) is 17.1 Å². The van der Waals surface area contributed by atoms with Gasteiger partial charge in [-0.05, 0) is 56.6 Å². The maximum absolute atomic E-state index is 12.3. The molecule has 27 heavy (non-hydrogen) atoms. The number of ether oxygens (including phenoxy) is 1. The third-order valence-corrected chi connectivity index (χ3v) is 4.85. The zero-order valence-electron chi connectivity index (χ0n) is 15.8. The number of aryl methyl sites for hydroxylation is 1. The second-order valence-corrected chi connectivity index (χ2v) is 6.58. The molecule has 148 valence electrons. The van der Waals surface area contributed by atoms with Crippen LogP contribution in [-0.4, -0.2) is 54.2 Å². The van der Waals surface area contributed by atoms with Gasteiger partial charge in [0.15, 0.2) is 0 Å². The Morgan fingerprint density at radius 1 is 1.30 bits per heavy atom. The number of rotatable bonds is 7. The van der Waals surface area contributed by atoms with Gasteiger partial charge in [-0.3, -0.25) is 4.79 Å². The molecule has 0 unspecified atom stereocenters. The number of carbonyl (C=O) groups excluding carboxylic acids is 1. The maximum atomic E-state index is 12.3. The van der Waals surface area contributed by atoms with Gasteiger partial charge in [0.1, 0.15) is 5.75 Å². The van der Waals surface area contributed by atoms with Gasteiger partial charge < -0.3 is 19.5 Å². The molecule has 0 saturated carbocycles. The molecule has 0 spiro atoms. The van der Waals surface area contributed by atoms with Crippen LogP contribution in [0.15, 0.2) is 28.8 Å². The highest BCUT2D eigenvalue weighted by atomic mass is 35.5. The van der Waals surface area contributed by atoms with Gasteiger partial charge in [-0.15, -0.1) is 12.4 Å². The number of amides is 1. The van der Waals surface area contributed by atoms with Crippen molar-refractivity contribution in [3.63, 3.8) is 0 Å². The lowest BCUT2D eigenvalue weighted by atomic mass is 10.0. The zero-order valence-corrected chi connectivity index (χ0v) is 16.6. The first-order valence-electron chi connectivity index (χ1n) is 9.11. The van der Waals surface area contributed by atoms with E-state index in [2.05, 4.69) is 15.5 Å². The predicted molar refractivity (Wildman–Crippen MR) is 105 cm³/mol. The van der Waals surface area contributed by atoms with E-state index < -0.39 is 0 Å². The van der Waals surface area contributed by atoms with E-state index in [9.17, 15) is 4.79 Å². The smallest absolute Gasteiger partial charge is 0.226 e. The van der Waals surface area contributed by atoms with Crippen LogP contribution in [0.25, 0.3) is 11.4 Å². The Morgan fingerprint density at radius 2 is 2.00 bits per heavy atom. The standard InChI is InChI=1S/C19H26N4O3.ClH/c1-23(15-10-12-20-13-11-15)18(24)5-3-4-17-21-19(22-26-17)14-6-8-16(25-2)9-7-14;/h6-9,15,20H,3-5,10-13H2,1-2H3;1H. The van der Waals surface area contributed by atoms with Gasteiger partial charge >= 0.3 is 0 Å². The number of halogens is 1. The molecule has 1 aliphatic rings. The van der Waals surface area contributed by atoms with Crippen LogP contribution in [0.5, 0.6) is 5.75 Å². The molecular weight excluding hydrogens is 368 g/mol. The molecule has 1 aliphatic heterocycles. The van der Waals surface area contributed by atoms with E-state index in [1.165, 1.54) is 0 Å². The van der Waals surface area contributed by atoms with Crippen LogP contribution in [0.1, 0.15) is 31.6 Å². The quantitative estimate of drug-likeness (QED) is 0.777. The minimum absolute atomic E-state index is 0. The average molecular weight is 395 g/mol. The number of hydrogen-bond acceptors (Lipinski definition) is 6. The molecule has 1 N–H and O–H groups in total. The van der Waals surface area contributed by atoms with E-state index in [4.69, 9.17) is 9.26 Å². The van der Waals surface area contributed by atoms with Crippen molar-refractivity contribution in [3.05, 3.63) is 30.2 Å². The van der Waals surface area contributed by atoms with Crippen molar-refractivity contribution in [1.82, 2.24) is 20.4 Å². The fourth-order valence-electron chi connectivity index (χ4n) is 3.18. The van der Waals surface area contributed by atoms with Crippen molar-refractivity contribution < 1.29 is 14.1 Å². The van der Waals surface area contributed by atoms with Crippen molar-refractivity contribution >= 4 is 18.3 Å². The fraction of sp³-hybridized carbons (Fsp3) is 0.526. The zero-order chi connectivity index (χ0) is 18.4. The molecule has 1 amide bonds. The Labute approximate surface area is 165 Å². The molecule has 1 aromatic carbocycles. The highest BCUT2D eigenvalue weighted by Gasteiger charge is 2.21. The van der Waals surface area contributed by atoms with Crippen molar-refractivity contribution in [1.29, 1.82) is 0 Å². The molecular formula is C19H27ClN4O3. The van der Waals surface area contributed by atoms with Gasteiger partial charge in [0.2, 0.25) is 17.6 Å². The number of nitrogens with one attached hydrogen (secondary N) is 1. The van der Waals surface area contributed by atoms with E-state index >= 15 is 0 Å². The lowest BCUT2D eigenvalue weighted by molar-refractivity contribution is -0.132. The van der Waals surface area contributed by atoms with E-state index in [1.807, 2.05) is 36.2 Å². The number of nitrogens with zero attached hydrogens (tertiary/aromatic N) is 3. The molecule has 0 aliphatic carbocycles. The average Bonchev–Trinajstić information content (AvgIpc) is 3.17. The van der Waals surface area contributed by atoms with Crippen molar-refractivity contribution in [2.75, 3.05) is 27.2 Å². The van der Waals surface area contributed by atoms with Gasteiger partial charge in [0.25, 0.3) is 0 Å². The first kappa shape index (κ1) is 21.2. The molecule has 1 saturated heterocycles. The van der Waals surface area contributed by atoms with Crippen LogP contribution in [0.2, 0.25) is 0 Å². The molecule has 1 aromatic heterocycles. The Balaban J connectivity index is 0.00000261. The second kappa shape index (κ2) is 10.3. The summed E-state index contributed by atoms with van der Waals surface area (Å²) < 4.78 is 10.5. The third kappa shape index (κ3) is 5.68. The predicted octanol–water partition coefficient (Wildman–Crippen LogP) is 2.70. The summed E-state index contributed by atoms with van der Waals surface area (Å²) in [6.45, 7) is 1.97. The van der Waals surface area contributed by atoms with Crippen LogP contribution in [0.3, 0.4) is 0 Å². The molecule has 0 bridgehead atoms. The first-order valence-corrected chi connectivity index (χ1v) is 9.11. The van der Waals surface area contributed by atoms with Crippen LogP contribution in [-0.2, 0) is 11.2 Å². The van der Waals surface area contributed by atoms with Crippen LogP contribution >= 0.6 is 12.4 Å². The normalized spacial score (nSPS) is 14.4. The summed E-state index contributed by atoms with van der Waals surface area (Å²) in [4.78, 5) is 18.7. The molecule has 1 fully saturated rings. The van der Waals surface area contributed by atoms with Crippen molar-refractivity contribution in [2.24, 2.45) is 0 Å². The Hall–Kier alpha value is -2.12. The van der Waals surface area contributed by atoms with E-state index in [-0.39, 0.29) is 18.3 Å². The number of hydrogen-bond donors (Lipinski definition) is 1. The number of methoxy groups -OCH3 is 1. The SMILES string of the molecule is COc1ccc(-c2noc(CCCC(=O)N(C)C3CCNCC3)n2)cc1.Cl. The summed E-state index contributed by atoms with van der Waals surface area (Å²) in [5, 5.41) is 7.34. The minimum Gasteiger partial charge on any atom is -0.497 e. The first-order chi connectivity index (χ1) is 12.7. The van der Waals surface area contributed by atoms with Gasteiger partial charge in [0, 0.05) is 31.5 Å². The molecule has 0 radical (unpaired) electrons. The molecule has 2 aromatic rings. The molecule has 8 heteroatoms. The second-order valence-electron chi connectivity index (χ2n) is 6.58. The highest BCUT2D eigenvalue weighted by Crippen LogP contribution is 2.20. The summed E-state index contributed by atoms with van der Waals surface area (Å²) in [7, 11) is 3.54. The summed E-state index contributed by atoms with van der Waals surface area (Å²) >= 11 is 0. The Kier molecular flexibility index (Phi) is 8.06. The van der Waals surface area contributed by atoms with E-state index in [1.54, 1.807) is 7.11 Å².